The molecule has 1 fully saturated rings. The maximum atomic E-state index is 12.4. The van der Waals surface area contributed by atoms with Crippen LogP contribution in [0.3, 0.4) is 0 Å². The molecule has 0 unspecified atom stereocenters. The Morgan fingerprint density at radius 1 is 1.33 bits per heavy atom. The molecular weight excluding hydrogens is 306 g/mol. The maximum Gasteiger partial charge on any atom is 0.227 e. The van der Waals surface area contributed by atoms with Crippen molar-refractivity contribution < 1.29 is 9.32 Å². The number of rotatable bonds is 5. The zero-order valence-corrected chi connectivity index (χ0v) is 14.2. The molecule has 3 rings (SSSR count). The fraction of sp³-hybridized carbons (Fsp3) is 0.588. The largest absolute Gasteiger partial charge is 0.343 e. The van der Waals surface area contributed by atoms with Crippen molar-refractivity contribution in [3.63, 3.8) is 0 Å². The Morgan fingerprint density at radius 3 is 2.75 bits per heavy atom. The number of hydrogen-bond donors (Lipinski definition) is 0. The second-order valence-corrected chi connectivity index (χ2v) is 6.49. The molecule has 0 bridgehead atoms. The number of nitrogens with zero attached hydrogens (tertiary/aromatic N) is 5. The number of carbonyl (C=O) groups is 1. The van der Waals surface area contributed by atoms with Crippen molar-refractivity contribution in [2.24, 2.45) is 0 Å². The van der Waals surface area contributed by atoms with E-state index < -0.39 is 0 Å². The lowest BCUT2D eigenvalue weighted by molar-refractivity contribution is -0.132. The van der Waals surface area contributed by atoms with Crippen LogP contribution in [0.4, 0.5) is 0 Å². The van der Waals surface area contributed by atoms with E-state index in [1.807, 2.05) is 24.9 Å². The second-order valence-electron chi connectivity index (χ2n) is 6.49. The summed E-state index contributed by atoms with van der Waals surface area (Å²) < 4.78 is 5.19. The molecule has 2 aromatic heterocycles. The van der Waals surface area contributed by atoms with E-state index in [4.69, 9.17) is 4.52 Å². The van der Waals surface area contributed by atoms with E-state index in [0.717, 1.165) is 31.6 Å². The van der Waals surface area contributed by atoms with Gasteiger partial charge in [0.2, 0.25) is 11.8 Å². The fourth-order valence-electron chi connectivity index (χ4n) is 2.92. The van der Waals surface area contributed by atoms with Crippen molar-refractivity contribution in [3.8, 4) is 0 Å². The van der Waals surface area contributed by atoms with Gasteiger partial charge in [0, 0.05) is 56.4 Å². The van der Waals surface area contributed by atoms with E-state index in [1.54, 1.807) is 12.4 Å². The van der Waals surface area contributed by atoms with E-state index in [2.05, 4.69) is 20.1 Å². The standard InChI is InChI=1S/C17H23N5O2/c1-12(2)17-20-15(24-21-17)3-4-16(23)22-9-5-13(6-10-22)14-11-18-7-8-19-14/h7-8,11-13H,3-6,9-10H2,1-2H3. The van der Waals surface area contributed by atoms with Gasteiger partial charge in [0.1, 0.15) is 0 Å². The number of hydrogen-bond acceptors (Lipinski definition) is 6. The number of aryl methyl sites for hydroxylation is 1. The summed E-state index contributed by atoms with van der Waals surface area (Å²) >= 11 is 0. The van der Waals surface area contributed by atoms with Gasteiger partial charge in [-0.3, -0.25) is 14.8 Å². The zero-order chi connectivity index (χ0) is 16.9. The van der Waals surface area contributed by atoms with Gasteiger partial charge in [0.15, 0.2) is 5.82 Å². The quantitative estimate of drug-likeness (QED) is 0.837. The molecule has 0 aromatic carbocycles. The Balaban J connectivity index is 1.46. The highest BCUT2D eigenvalue weighted by molar-refractivity contribution is 5.76. The highest BCUT2D eigenvalue weighted by Gasteiger charge is 2.24. The molecule has 0 spiro atoms. The molecule has 0 aliphatic carbocycles. The molecule has 2 aromatic rings. The molecule has 128 valence electrons. The van der Waals surface area contributed by atoms with Gasteiger partial charge in [-0.1, -0.05) is 19.0 Å². The van der Waals surface area contributed by atoms with Crippen LogP contribution < -0.4 is 0 Å². The van der Waals surface area contributed by atoms with Crippen LogP contribution in [0.1, 0.15) is 62.4 Å². The first-order chi connectivity index (χ1) is 11.6. The molecule has 3 heterocycles. The first kappa shape index (κ1) is 16.5. The predicted octanol–water partition coefficient (Wildman–Crippen LogP) is 2.32. The Kier molecular flexibility index (Phi) is 5.17. The van der Waals surface area contributed by atoms with Crippen LogP contribution in [-0.2, 0) is 11.2 Å². The smallest absolute Gasteiger partial charge is 0.227 e. The lowest BCUT2D eigenvalue weighted by Gasteiger charge is -2.31. The van der Waals surface area contributed by atoms with E-state index >= 15 is 0 Å². The summed E-state index contributed by atoms with van der Waals surface area (Å²) in [5, 5.41) is 3.93. The van der Waals surface area contributed by atoms with Gasteiger partial charge < -0.3 is 9.42 Å². The summed E-state index contributed by atoms with van der Waals surface area (Å²) in [6.45, 7) is 5.56. The second kappa shape index (κ2) is 7.51. The van der Waals surface area contributed by atoms with Crippen LogP contribution in [0.5, 0.6) is 0 Å². The number of carbonyl (C=O) groups excluding carboxylic acids is 1. The van der Waals surface area contributed by atoms with Crippen LogP contribution >= 0.6 is 0 Å². The van der Waals surface area contributed by atoms with Crippen molar-refractivity contribution in [1.82, 2.24) is 25.0 Å². The third kappa shape index (κ3) is 3.96. The van der Waals surface area contributed by atoms with Gasteiger partial charge in [0.05, 0.1) is 5.69 Å². The first-order valence-corrected chi connectivity index (χ1v) is 8.49. The molecule has 0 N–H and O–H groups in total. The van der Waals surface area contributed by atoms with Gasteiger partial charge in [-0.15, -0.1) is 0 Å². The third-order valence-corrected chi connectivity index (χ3v) is 4.40. The Bertz CT molecular complexity index is 663. The van der Waals surface area contributed by atoms with Gasteiger partial charge in [-0.25, -0.2) is 0 Å². The fourth-order valence-corrected chi connectivity index (χ4v) is 2.92. The van der Waals surface area contributed by atoms with E-state index in [1.165, 1.54) is 0 Å². The summed E-state index contributed by atoms with van der Waals surface area (Å²) in [7, 11) is 0. The van der Waals surface area contributed by atoms with Gasteiger partial charge in [-0.05, 0) is 12.8 Å². The molecule has 0 saturated carbocycles. The molecular formula is C17H23N5O2. The Labute approximate surface area is 141 Å². The molecule has 0 atom stereocenters. The average molecular weight is 329 g/mol. The summed E-state index contributed by atoms with van der Waals surface area (Å²) in [4.78, 5) is 27.1. The monoisotopic (exact) mass is 329 g/mol. The highest BCUT2D eigenvalue weighted by Crippen LogP contribution is 2.26. The molecule has 1 amide bonds. The van der Waals surface area contributed by atoms with Crippen LogP contribution in [0, 0.1) is 0 Å². The Hall–Kier alpha value is -2.31. The minimum absolute atomic E-state index is 0.150. The van der Waals surface area contributed by atoms with Crippen LogP contribution in [0.25, 0.3) is 0 Å². The average Bonchev–Trinajstić information content (AvgIpc) is 3.10. The normalized spacial score (nSPS) is 15.9. The molecule has 7 heteroatoms. The number of amides is 1. The lowest BCUT2D eigenvalue weighted by Crippen LogP contribution is -2.38. The first-order valence-electron chi connectivity index (χ1n) is 8.49. The minimum Gasteiger partial charge on any atom is -0.343 e. The SMILES string of the molecule is CC(C)c1noc(CCC(=O)N2CCC(c3cnccn3)CC2)n1. The minimum atomic E-state index is 0.150. The van der Waals surface area contributed by atoms with Crippen LogP contribution in [0.2, 0.25) is 0 Å². The Morgan fingerprint density at radius 2 is 2.12 bits per heavy atom. The molecule has 0 radical (unpaired) electrons. The number of aromatic nitrogens is 4. The van der Waals surface area contributed by atoms with Gasteiger partial charge in [-0.2, -0.15) is 4.98 Å². The molecule has 7 nitrogen and oxygen atoms in total. The number of piperidine rings is 1. The predicted molar refractivity (Wildman–Crippen MR) is 87.3 cm³/mol. The summed E-state index contributed by atoms with van der Waals surface area (Å²) in [5.41, 5.74) is 1.02. The summed E-state index contributed by atoms with van der Waals surface area (Å²) in [6.07, 6.45) is 8.01. The number of likely N-dealkylation sites (tertiary alicyclic amines) is 1. The van der Waals surface area contributed by atoms with Gasteiger partial charge >= 0.3 is 0 Å². The highest BCUT2D eigenvalue weighted by atomic mass is 16.5. The maximum absolute atomic E-state index is 12.4. The van der Waals surface area contributed by atoms with Crippen LogP contribution in [-0.4, -0.2) is 44.0 Å². The van der Waals surface area contributed by atoms with Crippen molar-refractivity contribution in [2.45, 2.75) is 51.4 Å². The van der Waals surface area contributed by atoms with Crippen molar-refractivity contribution in [2.75, 3.05) is 13.1 Å². The van der Waals surface area contributed by atoms with E-state index in [9.17, 15) is 4.79 Å². The van der Waals surface area contributed by atoms with E-state index in [0.29, 0.717) is 30.5 Å². The lowest BCUT2D eigenvalue weighted by atomic mass is 9.93. The molecule has 1 saturated heterocycles. The van der Waals surface area contributed by atoms with Crippen LogP contribution in [0.15, 0.2) is 23.1 Å². The summed E-state index contributed by atoms with van der Waals surface area (Å²) in [5.74, 6) is 2.02. The van der Waals surface area contributed by atoms with E-state index in [-0.39, 0.29) is 11.8 Å². The van der Waals surface area contributed by atoms with Gasteiger partial charge in [0.25, 0.3) is 0 Å². The molecule has 24 heavy (non-hydrogen) atoms. The molecule has 1 aliphatic heterocycles. The topological polar surface area (TPSA) is 85.0 Å². The zero-order valence-electron chi connectivity index (χ0n) is 14.2. The summed E-state index contributed by atoms with van der Waals surface area (Å²) in [6, 6.07) is 0. The van der Waals surface area contributed by atoms with Crippen molar-refractivity contribution in [1.29, 1.82) is 0 Å². The van der Waals surface area contributed by atoms with Crippen molar-refractivity contribution in [3.05, 3.63) is 36.0 Å². The third-order valence-electron chi connectivity index (χ3n) is 4.40. The molecule has 1 aliphatic rings. The van der Waals surface area contributed by atoms with Crippen molar-refractivity contribution >= 4 is 5.91 Å².